The molecule has 1 fully saturated rings. The number of aromatic nitrogens is 3. The molecule has 1 aliphatic rings. The summed E-state index contributed by atoms with van der Waals surface area (Å²) in [5.74, 6) is -1.19. The molecule has 0 bridgehead atoms. The van der Waals surface area contributed by atoms with Crippen molar-refractivity contribution in [3.63, 3.8) is 0 Å². The quantitative estimate of drug-likeness (QED) is 0.155. The van der Waals surface area contributed by atoms with Crippen LogP contribution < -0.4 is 16.0 Å². The Labute approximate surface area is 263 Å². The minimum atomic E-state index is -0.676. The van der Waals surface area contributed by atoms with E-state index in [2.05, 4.69) is 26.0 Å². The van der Waals surface area contributed by atoms with E-state index in [1.54, 1.807) is 48.8 Å². The van der Waals surface area contributed by atoms with Gasteiger partial charge in [0.25, 0.3) is 17.7 Å². The molecule has 12 heteroatoms. The van der Waals surface area contributed by atoms with E-state index in [0.29, 0.717) is 26.3 Å². The molecule has 3 amide bonds. The zero-order valence-electron chi connectivity index (χ0n) is 24.8. The Kier molecular flexibility index (Phi) is 8.22. The number of amides is 3. The zero-order chi connectivity index (χ0) is 31.6. The second-order valence-corrected chi connectivity index (χ2v) is 12.4. The lowest BCUT2D eigenvalue weighted by atomic mass is 9.94. The molecule has 3 aromatic heterocycles. The summed E-state index contributed by atoms with van der Waals surface area (Å²) >= 11 is 1.08. The van der Waals surface area contributed by atoms with Crippen molar-refractivity contribution >= 4 is 56.9 Å². The van der Waals surface area contributed by atoms with Crippen LogP contribution in [0.25, 0.3) is 10.2 Å². The van der Waals surface area contributed by atoms with Gasteiger partial charge in [0.2, 0.25) is 0 Å². The Hall–Kier alpha value is -5.23. The molecule has 0 aliphatic heterocycles. The van der Waals surface area contributed by atoms with Crippen molar-refractivity contribution < 1.29 is 23.9 Å². The number of hydrogen-bond acceptors (Lipinski definition) is 7. The molecule has 0 atom stereocenters. The van der Waals surface area contributed by atoms with Gasteiger partial charge in [-0.25, -0.2) is 4.79 Å². The molecule has 11 nitrogen and oxygen atoms in total. The SMILES string of the molecule is CC(C)(NC(=O)c1cc2c(NC(=O)c3ccccc3NC(=O)c3cc[nH]c3)nn(C(=O)OC3CCCC3)c2s1)c1ccccc1. The first-order valence-corrected chi connectivity index (χ1v) is 15.5. The van der Waals surface area contributed by atoms with Gasteiger partial charge in [-0.3, -0.25) is 14.4 Å². The van der Waals surface area contributed by atoms with Gasteiger partial charge in [-0.15, -0.1) is 16.4 Å². The van der Waals surface area contributed by atoms with Crippen LogP contribution in [0.1, 0.15) is 75.5 Å². The zero-order valence-corrected chi connectivity index (χ0v) is 25.6. The number of anilines is 2. The van der Waals surface area contributed by atoms with Crippen molar-refractivity contribution in [3.05, 3.63) is 101 Å². The van der Waals surface area contributed by atoms with E-state index in [1.807, 2.05) is 44.2 Å². The number of ether oxygens (including phenoxy) is 1. The predicted molar refractivity (Wildman–Crippen MR) is 172 cm³/mol. The van der Waals surface area contributed by atoms with Crippen LogP contribution in [0.4, 0.5) is 16.3 Å². The summed E-state index contributed by atoms with van der Waals surface area (Å²) in [7, 11) is 0. The molecule has 4 N–H and O–H groups in total. The summed E-state index contributed by atoms with van der Waals surface area (Å²) in [6, 6.07) is 19.4. The molecular formula is C33H32N6O5S. The van der Waals surface area contributed by atoms with Gasteiger partial charge in [-0.1, -0.05) is 42.5 Å². The highest BCUT2D eigenvalue weighted by Crippen LogP contribution is 2.34. The fraction of sp³-hybridized carbons (Fsp3) is 0.242. The number of carbonyl (C=O) groups excluding carboxylic acids is 4. The smallest absolute Gasteiger partial charge is 0.436 e. The Morgan fingerprint density at radius 1 is 0.933 bits per heavy atom. The topological polar surface area (TPSA) is 147 Å². The van der Waals surface area contributed by atoms with E-state index in [-0.39, 0.29) is 29.3 Å². The molecule has 6 rings (SSSR count). The second kappa shape index (κ2) is 12.4. The van der Waals surface area contributed by atoms with Crippen LogP contribution in [-0.4, -0.2) is 44.7 Å². The molecule has 1 saturated carbocycles. The highest BCUT2D eigenvalue weighted by molar-refractivity contribution is 7.20. The standard InChI is InChI=1S/C33H32N6O5S/c1-33(2,21-10-4-3-5-11-21)37-30(42)26-18-24-27(38-39(31(24)45-26)32(43)44-22-12-6-7-13-22)36-29(41)23-14-8-9-15-25(23)35-28(40)20-16-17-34-19-20/h3-5,8-11,14-19,22,34H,6-7,12-13H2,1-2H3,(H,35,40)(H,37,42)(H,36,38,41). The lowest BCUT2D eigenvalue weighted by molar-refractivity contribution is 0.0914. The first kappa shape index (κ1) is 29.8. The number of rotatable bonds is 8. The summed E-state index contributed by atoms with van der Waals surface area (Å²) in [5.41, 5.74) is 1.15. The molecule has 0 unspecified atom stereocenters. The lowest BCUT2D eigenvalue weighted by Crippen LogP contribution is -2.40. The number of H-pyrrole nitrogens is 1. The minimum absolute atomic E-state index is 0.0859. The van der Waals surface area contributed by atoms with Gasteiger partial charge in [-0.05, 0) is 69.4 Å². The third-order valence-corrected chi connectivity index (χ3v) is 8.87. The second-order valence-electron chi connectivity index (χ2n) is 11.4. The molecular weight excluding hydrogens is 592 g/mol. The minimum Gasteiger partial charge on any atom is -0.445 e. The first-order valence-electron chi connectivity index (χ1n) is 14.7. The number of carbonyl (C=O) groups is 4. The Balaban J connectivity index is 1.30. The molecule has 0 radical (unpaired) electrons. The predicted octanol–water partition coefficient (Wildman–Crippen LogP) is 6.52. The van der Waals surface area contributed by atoms with Crippen LogP contribution in [0.3, 0.4) is 0 Å². The largest absolute Gasteiger partial charge is 0.445 e. The Bertz CT molecular complexity index is 1870. The average molecular weight is 625 g/mol. The van der Waals surface area contributed by atoms with Crippen molar-refractivity contribution in [2.75, 3.05) is 10.6 Å². The number of hydrogen-bond donors (Lipinski definition) is 4. The maximum Gasteiger partial charge on any atom is 0.436 e. The van der Waals surface area contributed by atoms with E-state index in [0.717, 1.165) is 47.3 Å². The van der Waals surface area contributed by atoms with Gasteiger partial charge in [-0.2, -0.15) is 4.68 Å². The first-order chi connectivity index (χ1) is 21.7. The Morgan fingerprint density at radius 3 is 2.40 bits per heavy atom. The summed E-state index contributed by atoms with van der Waals surface area (Å²) in [6.45, 7) is 3.82. The summed E-state index contributed by atoms with van der Waals surface area (Å²) in [4.78, 5) is 56.6. The molecule has 0 spiro atoms. The average Bonchev–Trinajstić information content (AvgIpc) is 3.85. The van der Waals surface area contributed by atoms with Crippen LogP contribution in [-0.2, 0) is 10.3 Å². The maximum atomic E-state index is 13.6. The number of aromatic amines is 1. The van der Waals surface area contributed by atoms with Crippen LogP contribution in [0.5, 0.6) is 0 Å². The number of fused-ring (bicyclic) bond motifs is 1. The van der Waals surface area contributed by atoms with E-state index in [4.69, 9.17) is 4.74 Å². The van der Waals surface area contributed by atoms with E-state index < -0.39 is 17.5 Å². The highest BCUT2D eigenvalue weighted by atomic mass is 32.1. The van der Waals surface area contributed by atoms with Crippen LogP contribution in [0, 0.1) is 0 Å². The highest BCUT2D eigenvalue weighted by Gasteiger charge is 2.29. The van der Waals surface area contributed by atoms with Crippen molar-refractivity contribution in [1.29, 1.82) is 0 Å². The summed E-state index contributed by atoms with van der Waals surface area (Å²) < 4.78 is 6.82. The number of thiophene rings is 1. The normalized spacial score (nSPS) is 13.5. The molecule has 2 aromatic carbocycles. The van der Waals surface area contributed by atoms with Gasteiger partial charge in [0.15, 0.2) is 5.82 Å². The van der Waals surface area contributed by atoms with Gasteiger partial charge in [0.1, 0.15) is 10.9 Å². The number of nitrogens with zero attached hydrogens (tertiary/aromatic N) is 2. The maximum absolute atomic E-state index is 13.6. The molecule has 0 saturated heterocycles. The molecule has 230 valence electrons. The fourth-order valence-corrected chi connectivity index (χ4v) is 6.33. The number of nitrogens with one attached hydrogen (secondary N) is 4. The molecule has 45 heavy (non-hydrogen) atoms. The van der Waals surface area contributed by atoms with Crippen molar-refractivity contribution in [2.45, 2.75) is 51.2 Å². The number of para-hydroxylation sites is 1. The molecule has 1 aliphatic carbocycles. The van der Waals surface area contributed by atoms with Crippen molar-refractivity contribution in [1.82, 2.24) is 20.1 Å². The van der Waals surface area contributed by atoms with Crippen molar-refractivity contribution in [2.24, 2.45) is 0 Å². The fourth-order valence-electron chi connectivity index (χ4n) is 5.33. The van der Waals surface area contributed by atoms with E-state index in [9.17, 15) is 19.2 Å². The van der Waals surface area contributed by atoms with Gasteiger partial charge in [0.05, 0.1) is 32.6 Å². The van der Waals surface area contributed by atoms with E-state index >= 15 is 0 Å². The lowest BCUT2D eigenvalue weighted by Gasteiger charge is -2.26. The van der Waals surface area contributed by atoms with Crippen molar-refractivity contribution in [3.8, 4) is 0 Å². The molecule has 5 aromatic rings. The third kappa shape index (κ3) is 6.36. The number of benzene rings is 2. The van der Waals surface area contributed by atoms with Gasteiger partial charge >= 0.3 is 6.09 Å². The third-order valence-electron chi connectivity index (χ3n) is 7.76. The van der Waals surface area contributed by atoms with Crippen LogP contribution in [0.2, 0.25) is 0 Å². The summed E-state index contributed by atoms with van der Waals surface area (Å²) in [6.07, 6.45) is 5.81. The van der Waals surface area contributed by atoms with Crippen LogP contribution in [0.15, 0.2) is 79.1 Å². The van der Waals surface area contributed by atoms with E-state index in [1.165, 1.54) is 0 Å². The van der Waals surface area contributed by atoms with Gasteiger partial charge < -0.3 is 25.7 Å². The monoisotopic (exact) mass is 624 g/mol. The molecule has 3 heterocycles. The Morgan fingerprint density at radius 2 is 1.67 bits per heavy atom. The summed E-state index contributed by atoms with van der Waals surface area (Å²) in [5, 5.41) is 13.4. The van der Waals surface area contributed by atoms with Gasteiger partial charge in [0, 0.05) is 12.4 Å². The van der Waals surface area contributed by atoms with Crippen LogP contribution >= 0.6 is 11.3 Å².